The van der Waals surface area contributed by atoms with E-state index in [-0.39, 0.29) is 47.8 Å². The summed E-state index contributed by atoms with van der Waals surface area (Å²) in [5.74, 6) is 1.83. The fourth-order valence-electron chi connectivity index (χ4n) is 10.6. The van der Waals surface area contributed by atoms with Crippen LogP contribution in [0, 0.1) is 11.8 Å². The van der Waals surface area contributed by atoms with Crippen LogP contribution in [0.15, 0.2) is 48.7 Å². The minimum atomic E-state index is -0.723. The standard InChI is InChI=1S/C49H60N8O8/c1-7-26(3)41(54-48(60)62-5)46(58)57-32(8-2)12-16-38(57)44-50-24-37(52-44)30-10-13-33-31(21-30)25-65-40-23-34-29(22-35(33)40)11-14-36-43(34)53-45(51-36)39-15-9-27(4)56(39)47(59)42(55-49(61)63-6)28-17-19-64-20-18-28/h10-11,13-14,21-24,26-28,32,38-39,41-42H,7-9,12,15-20,25H2,1-6H3,(H,50,52)(H,51,53)(H,54,60)(H,55,61). The maximum Gasteiger partial charge on any atom is 0.407 e. The molecule has 2 aromatic heterocycles. The quantitative estimate of drug-likeness (QED) is 0.101. The first-order valence-electron chi connectivity index (χ1n) is 23.2. The Kier molecular flexibility index (Phi) is 12.5. The molecule has 3 aromatic carbocycles. The summed E-state index contributed by atoms with van der Waals surface area (Å²) >= 11 is 0. The number of aromatic nitrogens is 4. The van der Waals surface area contributed by atoms with Gasteiger partial charge in [-0.1, -0.05) is 45.4 Å². The summed E-state index contributed by atoms with van der Waals surface area (Å²) < 4.78 is 21.9. The van der Waals surface area contributed by atoms with Crippen molar-refractivity contribution < 1.29 is 38.1 Å². The van der Waals surface area contributed by atoms with Crippen molar-refractivity contribution in [3.8, 4) is 28.1 Å². The number of nitrogens with zero attached hydrogens (tertiary/aromatic N) is 4. The first-order chi connectivity index (χ1) is 31.5. The minimum absolute atomic E-state index is 0.0333. The topological polar surface area (TPSA) is 193 Å². The van der Waals surface area contributed by atoms with Crippen molar-refractivity contribution >= 4 is 45.8 Å². The summed E-state index contributed by atoms with van der Waals surface area (Å²) in [5, 5.41) is 7.62. The number of likely N-dealkylation sites (tertiary alicyclic amines) is 2. The molecule has 344 valence electrons. The summed E-state index contributed by atoms with van der Waals surface area (Å²) in [5.41, 5.74) is 6.61. The monoisotopic (exact) mass is 888 g/mol. The third kappa shape index (κ3) is 8.25. The molecule has 16 heteroatoms. The highest BCUT2D eigenvalue weighted by Gasteiger charge is 2.44. The van der Waals surface area contributed by atoms with Gasteiger partial charge in [0.15, 0.2) is 0 Å². The molecule has 3 saturated heterocycles. The number of ether oxygens (including phenoxy) is 4. The number of rotatable bonds is 11. The highest BCUT2D eigenvalue weighted by Crippen LogP contribution is 2.44. The molecule has 6 heterocycles. The van der Waals surface area contributed by atoms with E-state index in [4.69, 9.17) is 28.9 Å². The van der Waals surface area contributed by atoms with Crippen molar-refractivity contribution in [2.45, 2.75) is 122 Å². The van der Waals surface area contributed by atoms with E-state index in [0.29, 0.717) is 32.7 Å². The molecule has 5 aromatic rings. The van der Waals surface area contributed by atoms with Crippen LogP contribution < -0.4 is 15.4 Å². The van der Waals surface area contributed by atoms with Crippen LogP contribution in [-0.4, -0.2) is 105 Å². The van der Waals surface area contributed by atoms with Crippen molar-refractivity contribution in [2.75, 3.05) is 27.4 Å². The minimum Gasteiger partial charge on any atom is -0.488 e. The van der Waals surface area contributed by atoms with Gasteiger partial charge in [-0.25, -0.2) is 19.6 Å². The van der Waals surface area contributed by atoms with Crippen molar-refractivity contribution in [3.63, 3.8) is 0 Å². The summed E-state index contributed by atoms with van der Waals surface area (Å²) in [6.07, 6.45) is 6.64. The highest BCUT2D eigenvalue weighted by molar-refractivity contribution is 6.07. The lowest BCUT2D eigenvalue weighted by atomic mass is 9.90. The average molecular weight is 889 g/mol. The highest BCUT2D eigenvalue weighted by atomic mass is 16.5. The molecule has 4 amide bonds. The van der Waals surface area contributed by atoms with Gasteiger partial charge in [0, 0.05) is 36.2 Å². The molecule has 7 atom stereocenters. The lowest BCUT2D eigenvalue weighted by Crippen LogP contribution is -2.54. The van der Waals surface area contributed by atoms with Crippen molar-refractivity contribution in [1.82, 2.24) is 40.4 Å². The largest absolute Gasteiger partial charge is 0.488 e. The lowest BCUT2D eigenvalue weighted by molar-refractivity contribution is -0.139. The second-order valence-corrected chi connectivity index (χ2v) is 18.1. The molecule has 65 heavy (non-hydrogen) atoms. The summed E-state index contributed by atoms with van der Waals surface area (Å²) in [6, 6.07) is 12.8. The Morgan fingerprint density at radius 3 is 2.35 bits per heavy atom. The molecule has 4 aliphatic heterocycles. The third-order valence-electron chi connectivity index (χ3n) is 14.5. The zero-order valence-corrected chi connectivity index (χ0v) is 38.1. The average Bonchev–Trinajstić information content (AvgIpc) is 4.17. The Bertz CT molecular complexity index is 2600. The van der Waals surface area contributed by atoms with E-state index in [1.165, 1.54) is 14.2 Å². The van der Waals surface area contributed by atoms with E-state index in [2.05, 4.69) is 70.8 Å². The fraction of sp³-hybridized carbons (Fsp3) is 0.510. The number of methoxy groups -OCH3 is 2. The summed E-state index contributed by atoms with van der Waals surface area (Å²) in [7, 11) is 2.62. The predicted octanol–water partition coefficient (Wildman–Crippen LogP) is 8.08. The van der Waals surface area contributed by atoms with Gasteiger partial charge in [-0.05, 0) is 110 Å². The number of aromatic amines is 2. The number of benzene rings is 3. The van der Waals surface area contributed by atoms with Gasteiger partial charge in [0.05, 0.1) is 49.2 Å². The molecular formula is C49H60N8O8. The summed E-state index contributed by atoms with van der Waals surface area (Å²) in [6.45, 7) is 9.59. The predicted molar refractivity (Wildman–Crippen MR) is 244 cm³/mol. The number of fused-ring (bicyclic) bond motifs is 6. The maximum absolute atomic E-state index is 14.4. The van der Waals surface area contributed by atoms with Gasteiger partial charge in [0.25, 0.3) is 0 Å². The van der Waals surface area contributed by atoms with Gasteiger partial charge in [-0.2, -0.15) is 0 Å². The second-order valence-electron chi connectivity index (χ2n) is 18.1. The normalized spacial score (nSPS) is 22.2. The third-order valence-corrected chi connectivity index (χ3v) is 14.5. The van der Waals surface area contributed by atoms with E-state index in [1.807, 2.05) is 35.9 Å². The molecule has 0 spiro atoms. The maximum atomic E-state index is 14.4. The number of carbonyl (C=O) groups is 4. The van der Waals surface area contributed by atoms with Crippen LogP contribution in [-0.2, 0) is 30.4 Å². The van der Waals surface area contributed by atoms with Crippen LogP contribution >= 0.6 is 0 Å². The number of amides is 4. The van der Waals surface area contributed by atoms with Crippen molar-refractivity contribution in [2.24, 2.45) is 11.8 Å². The zero-order chi connectivity index (χ0) is 45.5. The molecule has 16 nitrogen and oxygen atoms in total. The SMILES string of the molecule is CCC(C)C(NC(=O)OC)C(=O)N1C(CC)CCC1c1ncc(-c2ccc3c(c2)COc2cc4c(ccc5[nH]c(C6CCC(C)N6C(=O)C(NC(=O)OC)C6CCOCC6)nc54)cc2-3)[nH]1. The molecule has 0 bridgehead atoms. The second kappa shape index (κ2) is 18.4. The number of alkyl carbamates (subject to hydrolysis) is 2. The molecule has 0 aliphatic carbocycles. The van der Waals surface area contributed by atoms with Crippen LogP contribution in [0.3, 0.4) is 0 Å². The molecule has 0 radical (unpaired) electrons. The molecule has 4 N–H and O–H groups in total. The smallest absolute Gasteiger partial charge is 0.407 e. The van der Waals surface area contributed by atoms with Crippen LogP contribution in [0.5, 0.6) is 5.75 Å². The Balaban J connectivity index is 0.966. The van der Waals surface area contributed by atoms with Crippen LogP contribution in [0.4, 0.5) is 9.59 Å². The van der Waals surface area contributed by atoms with Crippen LogP contribution in [0.1, 0.15) is 108 Å². The first kappa shape index (κ1) is 44.1. The molecule has 9 rings (SSSR count). The van der Waals surface area contributed by atoms with E-state index in [1.54, 1.807) is 0 Å². The van der Waals surface area contributed by atoms with E-state index >= 15 is 0 Å². The van der Waals surface area contributed by atoms with Gasteiger partial charge in [0.1, 0.15) is 36.1 Å². The number of hydrogen-bond donors (Lipinski definition) is 4. The van der Waals surface area contributed by atoms with Gasteiger partial charge in [-0.15, -0.1) is 0 Å². The Labute approximate surface area is 378 Å². The van der Waals surface area contributed by atoms with Gasteiger partial charge in [-0.3, -0.25) is 9.59 Å². The molecule has 0 saturated carbocycles. The summed E-state index contributed by atoms with van der Waals surface area (Å²) in [4.78, 5) is 74.3. The van der Waals surface area contributed by atoms with Gasteiger partial charge in [0.2, 0.25) is 11.8 Å². The molecule has 4 aliphatic rings. The van der Waals surface area contributed by atoms with Gasteiger partial charge < -0.3 is 49.3 Å². The first-order valence-corrected chi connectivity index (χ1v) is 23.2. The Hall–Kier alpha value is -6.16. The number of nitrogens with one attached hydrogen (secondary N) is 4. The fourth-order valence-corrected chi connectivity index (χ4v) is 10.6. The Morgan fingerprint density at radius 1 is 0.846 bits per heavy atom. The number of H-pyrrole nitrogens is 2. The van der Waals surface area contributed by atoms with Crippen LogP contribution in [0.2, 0.25) is 0 Å². The lowest BCUT2D eigenvalue weighted by Gasteiger charge is -2.36. The Morgan fingerprint density at radius 2 is 1.60 bits per heavy atom. The number of imidazole rings is 2. The van der Waals surface area contributed by atoms with Crippen molar-refractivity contribution in [3.05, 3.63) is 65.9 Å². The molecular weight excluding hydrogens is 829 g/mol. The molecule has 7 unspecified atom stereocenters. The van der Waals surface area contributed by atoms with Gasteiger partial charge >= 0.3 is 12.2 Å². The van der Waals surface area contributed by atoms with E-state index in [9.17, 15) is 19.2 Å². The zero-order valence-electron chi connectivity index (χ0n) is 38.1. The molecule has 3 fully saturated rings. The van der Waals surface area contributed by atoms with E-state index < -0.39 is 24.3 Å². The van der Waals surface area contributed by atoms with Crippen LogP contribution in [0.25, 0.3) is 44.2 Å². The number of carbonyl (C=O) groups excluding carboxylic acids is 4. The van der Waals surface area contributed by atoms with Crippen molar-refractivity contribution in [1.29, 1.82) is 0 Å². The van der Waals surface area contributed by atoms with E-state index in [0.717, 1.165) is 106 Å². The number of hydrogen-bond acceptors (Lipinski definition) is 10.